The molecule has 1 fully saturated rings. The zero-order chi connectivity index (χ0) is 17.9. The van der Waals surface area contributed by atoms with Gasteiger partial charge >= 0.3 is 0 Å². The van der Waals surface area contributed by atoms with E-state index < -0.39 is 10.8 Å². The van der Waals surface area contributed by atoms with Gasteiger partial charge in [-0.2, -0.15) is 0 Å². The number of nitrogens with one attached hydrogen (secondary N) is 1. The van der Waals surface area contributed by atoms with Crippen molar-refractivity contribution in [2.75, 3.05) is 57.6 Å². The molecule has 0 unspecified atom stereocenters. The van der Waals surface area contributed by atoms with Crippen LogP contribution in [0.4, 0.5) is 0 Å². The van der Waals surface area contributed by atoms with Crippen LogP contribution in [-0.4, -0.2) is 87.7 Å². The van der Waals surface area contributed by atoms with Gasteiger partial charge in [0.05, 0.1) is 38.7 Å². The monoisotopic (exact) mass is 373 g/mol. The summed E-state index contributed by atoms with van der Waals surface area (Å²) in [7, 11) is -0.639. The number of aromatic nitrogens is 3. The topological polar surface area (TPSA) is 81.5 Å². The molecule has 0 atom stereocenters. The molecule has 0 saturated carbocycles. The third-order valence-electron chi connectivity index (χ3n) is 3.88. The molecule has 2 rings (SSSR count). The summed E-state index contributed by atoms with van der Waals surface area (Å²) < 4.78 is 24.2. The molecule has 1 aromatic heterocycles. The predicted octanol–water partition coefficient (Wildman–Crippen LogP) is -0.126. The quantitative estimate of drug-likeness (QED) is 0.511. The number of rotatable bonds is 12. The minimum Gasteiger partial charge on any atom is -0.378 e. The van der Waals surface area contributed by atoms with Crippen LogP contribution in [-0.2, 0) is 33.4 Å². The van der Waals surface area contributed by atoms with Crippen LogP contribution < -0.4 is 5.32 Å². The van der Waals surface area contributed by atoms with Crippen LogP contribution in [0.15, 0.2) is 6.20 Å². The molecule has 0 amide bonds. The molecule has 1 aromatic rings. The van der Waals surface area contributed by atoms with Crippen molar-refractivity contribution in [3.63, 3.8) is 0 Å². The van der Waals surface area contributed by atoms with E-state index >= 15 is 0 Å². The van der Waals surface area contributed by atoms with Crippen LogP contribution in [0.25, 0.3) is 0 Å². The molecule has 1 N–H and O–H groups in total. The van der Waals surface area contributed by atoms with Crippen LogP contribution >= 0.6 is 0 Å². The summed E-state index contributed by atoms with van der Waals surface area (Å²) in [6.07, 6.45) is 1.96. The van der Waals surface area contributed by atoms with Crippen molar-refractivity contribution in [1.29, 1.82) is 0 Å². The van der Waals surface area contributed by atoms with E-state index in [9.17, 15) is 4.21 Å². The van der Waals surface area contributed by atoms with E-state index in [1.807, 2.05) is 10.9 Å². The van der Waals surface area contributed by atoms with Gasteiger partial charge in [-0.25, -0.2) is 4.68 Å². The van der Waals surface area contributed by atoms with Crippen LogP contribution in [0.1, 0.15) is 19.5 Å². The van der Waals surface area contributed by atoms with Crippen molar-refractivity contribution < 1.29 is 13.7 Å². The first kappa shape index (κ1) is 20.4. The fraction of sp³-hybridized carbons (Fsp3) is 0.875. The van der Waals surface area contributed by atoms with Gasteiger partial charge in [-0.05, 0) is 0 Å². The van der Waals surface area contributed by atoms with Crippen molar-refractivity contribution in [2.24, 2.45) is 0 Å². The second-order valence-electron chi connectivity index (χ2n) is 6.43. The SMILES string of the molecule is CC(C)NCCOCCOCCn1cc(CN2CCS(=O)CC2)nn1. The highest BCUT2D eigenvalue weighted by Crippen LogP contribution is 2.05. The Morgan fingerprint density at radius 3 is 2.64 bits per heavy atom. The zero-order valence-corrected chi connectivity index (χ0v) is 16.2. The lowest BCUT2D eigenvalue weighted by atomic mass is 10.4. The lowest BCUT2D eigenvalue weighted by Gasteiger charge is -2.24. The third-order valence-corrected chi connectivity index (χ3v) is 5.15. The lowest BCUT2D eigenvalue weighted by Crippen LogP contribution is -2.37. The van der Waals surface area contributed by atoms with Crippen LogP contribution in [0, 0.1) is 0 Å². The van der Waals surface area contributed by atoms with E-state index in [1.54, 1.807) is 0 Å². The normalized spacial score (nSPS) is 16.8. The first-order valence-electron chi connectivity index (χ1n) is 8.98. The van der Waals surface area contributed by atoms with Gasteiger partial charge in [-0.15, -0.1) is 5.10 Å². The van der Waals surface area contributed by atoms with E-state index in [2.05, 4.69) is 34.4 Å². The summed E-state index contributed by atoms with van der Waals surface area (Å²) in [5.74, 6) is 1.52. The second-order valence-corrected chi connectivity index (χ2v) is 8.13. The third kappa shape index (κ3) is 8.87. The molecular weight excluding hydrogens is 342 g/mol. The average Bonchev–Trinajstić information content (AvgIpc) is 3.02. The minimum atomic E-state index is -0.639. The van der Waals surface area contributed by atoms with Crippen LogP contribution in [0.2, 0.25) is 0 Å². The van der Waals surface area contributed by atoms with E-state index in [1.165, 1.54) is 0 Å². The Labute approximate surface area is 152 Å². The molecule has 1 aliphatic heterocycles. The van der Waals surface area contributed by atoms with Crippen molar-refractivity contribution in [3.05, 3.63) is 11.9 Å². The van der Waals surface area contributed by atoms with Crippen molar-refractivity contribution in [3.8, 4) is 0 Å². The number of hydrogen-bond acceptors (Lipinski definition) is 7. The molecule has 1 saturated heterocycles. The highest BCUT2D eigenvalue weighted by molar-refractivity contribution is 7.85. The molecule has 25 heavy (non-hydrogen) atoms. The van der Waals surface area contributed by atoms with E-state index in [-0.39, 0.29) is 0 Å². The van der Waals surface area contributed by atoms with Gasteiger partial charge in [-0.1, -0.05) is 19.1 Å². The summed E-state index contributed by atoms with van der Waals surface area (Å²) in [6.45, 7) is 10.8. The Kier molecular flexibility index (Phi) is 9.56. The molecule has 0 aromatic carbocycles. The molecule has 0 aliphatic carbocycles. The molecule has 9 heteroatoms. The molecule has 2 heterocycles. The van der Waals surface area contributed by atoms with Gasteiger partial charge < -0.3 is 14.8 Å². The Hall–Kier alpha value is -0.870. The second kappa shape index (κ2) is 11.7. The smallest absolute Gasteiger partial charge is 0.0967 e. The minimum absolute atomic E-state index is 0.492. The molecule has 144 valence electrons. The Balaban J connectivity index is 1.49. The number of nitrogens with zero attached hydrogens (tertiary/aromatic N) is 4. The summed E-state index contributed by atoms with van der Waals surface area (Å²) in [5.41, 5.74) is 0.952. The molecular formula is C16H31N5O3S. The number of hydrogen-bond donors (Lipinski definition) is 1. The van der Waals surface area contributed by atoms with Gasteiger partial charge in [0.25, 0.3) is 0 Å². The maximum Gasteiger partial charge on any atom is 0.0967 e. The van der Waals surface area contributed by atoms with Gasteiger partial charge in [0.15, 0.2) is 0 Å². The van der Waals surface area contributed by atoms with Crippen LogP contribution in [0.3, 0.4) is 0 Å². The maximum atomic E-state index is 11.4. The highest BCUT2D eigenvalue weighted by atomic mass is 32.2. The standard InChI is InChI=1S/C16H31N5O3S/c1-15(2)17-3-7-23-9-10-24-8-4-21-14-16(18-19-21)13-20-5-11-25(22)12-6-20/h14-15,17H,3-13H2,1-2H3. The average molecular weight is 374 g/mol. The Morgan fingerprint density at radius 2 is 1.92 bits per heavy atom. The molecule has 1 aliphatic rings. The predicted molar refractivity (Wildman–Crippen MR) is 98.0 cm³/mol. The van der Waals surface area contributed by atoms with Crippen LogP contribution in [0.5, 0.6) is 0 Å². The molecule has 0 spiro atoms. The van der Waals surface area contributed by atoms with E-state index in [0.717, 1.165) is 43.4 Å². The largest absolute Gasteiger partial charge is 0.378 e. The van der Waals surface area contributed by atoms with E-state index in [4.69, 9.17) is 9.47 Å². The van der Waals surface area contributed by atoms with Gasteiger partial charge in [-0.3, -0.25) is 9.11 Å². The summed E-state index contributed by atoms with van der Waals surface area (Å²) >= 11 is 0. The number of ether oxygens (including phenoxy) is 2. The zero-order valence-electron chi connectivity index (χ0n) is 15.4. The molecule has 0 bridgehead atoms. The van der Waals surface area contributed by atoms with Crippen molar-refractivity contribution in [2.45, 2.75) is 33.0 Å². The first-order valence-corrected chi connectivity index (χ1v) is 10.5. The van der Waals surface area contributed by atoms with E-state index in [0.29, 0.717) is 39.0 Å². The lowest BCUT2D eigenvalue weighted by molar-refractivity contribution is 0.0445. The van der Waals surface area contributed by atoms with Gasteiger partial charge in [0.1, 0.15) is 0 Å². The molecule has 0 radical (unpaired) electrons. The summed E-state index contributed by atoms with van der Waals surface area (Å²) in [4.78, 5) is 2.28. The highest BCUT2D eigenvalue weighted by Gasteiger charge is 2.16. The summed E-state index contributed by atoms with van der Waals surface area (Å²) in [5, 5.41) is 11.6. The Morgan fingerprint density at radius 1 is 1.20 bits per heavy atom. The van der Waals surface area contributed by atoms with Crippen molar-refractivity contribution >= 4 is 10.8 Å². The van der Waals surface area contributed by atoms with Gasteiger partial charge in [0, 0.05) is 60.7 Å². The fourth-order valence-electron chi connectivity index (χ4n) is 2.48. The fourth-order valence-corrected chi connectivity index (χ4v) is 3.61. The van der Waals surface area contributed by atoms with Crippen molar-refractivity contribution in [1.82, 2.24) is 25.2 Å². The maximum absolute atomic E-state index is 11.4. The van der Waals surface area contributed by atoms with Gasteiger partial charge in [0.2, 0.25) is 0 Å². The molecule has 8 nitrogen and oxygen atoms in total. The first-order chi connectivity index (χ1) is 12.1. The summed E-state index contributed by atoms with van der Waals surface area (Å²) in [6, 6.07) is 0.492. The Bertz CT molecular complexity index is 502.